The maximum atomic E-state index is 12.3. The predicted octanol–water partition coefficient (Wildman–Crippen LogP) is 5.71. The number of aliphatic hydroxyl groups excluding tert-OH is 1. The third-order valence-electron chi connectivity index (χ3n) is 5.84. The van der Waals surface area contributed by atoms with Gasteiger partial charge in [-0.05, 0) is 37.2 Å². The smallest absolute Gasteiger partial charge is 0.305 e. The van der Waals surface area contributed by atoms with E-state index in [4.69, 9.17) is 0 Å². The van der Waals surface area contributed by atoms with Gasteiger partial charge in [0.2, 0.25) is 0 Å². The Hall–Kier alpha value is -1.68. The second-order valence-electron chi connectivity index (χ2n) is 8.08. The molecule has 1 unspecified atom stereocenters. The normalized spacial score (nSPS) is 20.9. The van der Waals surface area contributed by atoms with Crippen LogP contribution in [0.3, 0.4) is 0 Å². The first-order valence-electron chi connectivity index (χ1n) is 11.3. The van der Waals surface area contributed by atoms with Gasteiger partial charge in [0.25, 0.3) is 0 Å². The lowest BCUT2D eigenvalue weighted by atomic mass is 9.88. The second kappa shape index (κ2) is 15.2. The van der Waals surface area contributed by atoms with Crippen molar-refractivity contribution in [2.75, 3.05) is 7.11 Å². The van der Waals surface area contributed by atoms with Crippen LogP contribution in [0.25, 0.3) is 0 Å². The number of hydrogen-bond acceptors (Lipinski definition) is 4. The van der Waals surface area contributed by atoms with Gasteiger partial charge in [0, 0.05) is 18.8 Å². The van der Waals surface area contributed by atoms with Gasteiger partial charge in [-0.2, -0.15) is 0 Å². The Morgan fingerprint density at radius 3 is 2.69 bits per heavy atom. The molecule has 29 heavy (non-hydrogen) atoms. The number of unbranched alkanes of at least 4 members (excludes halogenated alkanes) is 5. The molecule has 1 N–H and O–H groups in total. The molecule has 1 fully saturated rings. The molecule has 1 aliphatic carbocycles. The number of rotatable bonds is 15. The Bertz CT molecular complexity index is 561. The van der Waals surface area contributed by atoms with Gasteiger partial charge in [0.15, 0.2) is 0 Å². The SMILES string of the molecule is C=C/C=C(\C=C\[C@H]1CCC(=O)[C@@H]1CCCCCCC(=O)OC)C(O)CCCCC. The van der Waals surface area contributed by atoms with Crippen LogP contribution in [-0.4, -0.2) is 30.1 Å². The molecule has 0 heterocycles. The lowest BCUT2D eigenvalue weighted by Crippen LogP contribution is -2.14. The number of hydrogen-bond donors (Lipinski definition) is 1. The van der Waals surface area contributed by atoms with E-state index in [1.165, 1.54) is 7.11 Å². The van der Waals surface area contributed by atoms with Crippen molar-refractivity contribution in [1.29, 1.82) is 0 Å². The van der Waals surface area contributed by atoms with E-state index in [9.17, 15) is 14.7 Å². The Labute approximate surface area is 177 Å². The van der Waals surface area contributed by atoms with E-state index in [1.807, 2.05) is 12.2 Å². The summed E-state index contributed by atoms with van der Waals surface area (Å²) >= 11 is 0. The second-order valence-corrected chi connectivity index (χ2v) is 8.08. The van der Waals surface area contributed by atoms with Crippen molar-refractivity contribution in [2.24, 2.45) is 11.8 Å². The molecule has 0 aromatic heterocycles. The average Bonchev–Trinajstić information content (AvgIpc) is 3.07. The number of carbonyl (C=O) groups is 2. The lowest BCUT2D eigenvalue weighted by Gasteiger charge is -2.16. The van der Waals surface area contributed by atoms with E-state index >= 15 is 0 Å². The maximum absolute atomic E-state index is 12.3. The number of ketones is 1. The molecule has 1 aliphatic rings. The first-order chi connectivity index (χ1) is 14.0. The minimum absolute atomic E-state index is 0.0917. The monoisotopic (exact) mass is 404 g/mol. The quantitative estimate of drug-likeness (QED) is 0.216. The van der Waals surface area contributed by atoms with Crippen molar-refractivity contribution in [1.82, 2.24) is 0 Å². The molecule has 0 aliphatic heterocycles. The number of carbonyl (C=O) groups excluding carboxylic acids is 2. The molecule has 4 nitrogen and oxygen atoms in total. The molecule has 0 amide bonds. The molecule has 0 aromatic rings. The number of Topliss-reactive ketones (excluding diaryl/α,β-unsaturated/α-hetero) is 1. The molecular weight excluding hydrogens is 364 g/mol. The van der Waals surface area contributed by atoms with Gasteiger partial charge in [-0.3, -0.25) is 9.59 Å². The number of aliphatic hydroxyl groups is 1. The summed E-state index contributed by atoms with van der Waals surface area (Å²) in [5.41, 5.74) is 0.886. The van der Waals surface area contributed by atoms with E-state index < -0.39 is 6.10 Å². The molecule has 0 aromatic carbocycles. The van der Waals surface area contributed by atoms with E-state index in [2.05, 4.69) is 24.3 Å². The van der Waals surface area contributed by atoms with Crippen LogP contribution in [-0.2, 0) is 14.3 Å². The molecule has 1 saturated carbocycles. The molecular formula is C25H40O4. The zero-order valence-corrected chi connectivity index (χ0v) is 18.4. The Morgan fingerprint density at radius 2 is 2.00 bits per heavy atom. The van der Waals surface area contributed by atoms with Crippen LogP contribution >= 0.6 is 0 Å². The van der Waals surface area contributed by atoms with Crippen LogP contribution in [0.4, 0.5) is 0 Å². The van der Waals surface area contributed by atoms with E-state index in [0.29, 0.717) is 18.6 Å². The Morgan fingerprint density at radius 1 is 1.24 bits per heavy atom. The van der Waals surface area contributed by atoms with Gasteiger partial charge in [-0.15, -0.1) is 0 Å². The van der Waals surface area contributed by atoms with Gasteiger partial charge in [0.1, 0.15) is 5.78 Å². The van der Waals surface area contributed by atoms with Crippen molar-refractivity contribution >= 4 is 11.8 Å². The summed E-state index contributed by atoms with van der Waals surface area (Å²) in [6.07, 6.45) is 18.1. The number of methoxy groups -OCH3 is 1. The topological polar surface area (TPSA) is 63.6 Å². The summed E-state index contributed by atoms with van der Waals surface area (Å²) in [7, 11) is 1.42. The van der Waals surface area contributed by atoms with Gasteiger partial charge < -0.3 is 9.84 Å². The van der Waals surface area contributed by atoms with Crippen LogP contribution in [0.2, 0.25) is 0 Å². The van der Waals surface area contributed by atoms with Crippen LogP contribution in [0.5, 0.6) is 0 Å². The standard InChI is InChI=1S/C25H40O4/c1-4-6-9-14-23(26)21(12-5-2)17-16-20-18-19-24(27)22(20)13-10-7-8-11-15-25(28)29-3/h5,12,16-17,20,22-23,26H,2,4,6-11,13-15,18-19H2,1,3H3/b17-16+,21-12+/t20-,22+,23?/m0/s1. The van der Waals surface area contributed by atoms with Crippen molar-refractivity contribution in [2.45, 2.75) is 90.1 Å². The van der Waals surface area contributed by atoms with Crippen molar-refractivity contribution < 1.29 is 19.4 Å². The fraction of sp³-hybridized carbons (Fsp3) is 0.680. The third kappa shape index (κ3) is 10.1. The summed E-state index contributed by atoms with van der Waals surface area (Å²) in [5, 5.41) is 10.5. The largest absolute Gasteiger partial charge is 0.469 e. The number of ether oxygens (including phenoxy) is 1. The van der Waals surface area contributed by atoms with Crippen LogP contribution in [0, 0.1) is 11.8 Å². The summed E-state index contributed by atoms with van der Waals surface area (Å²) < 4.78 is 4.65. The first-order valence-corrected chi connectivity index (χ1v) is 11.3. The third-order valence-corrected chi connectivity index (χ3v) is 5.84. The molecule has 0 spiro atoms. The highest BCUT2D eigenvalue weighted by Crippen LogP contribution is 2.34. The van der Waals surface area contributed by atoms with Gasteiger partial charge in [0.05, 0.1) is 13.2 Å². The fourth-order valence-corrected chi connectivity index (χ4v) is 4.03. The van der Waals surface area contributed by atoms with Crippen LogP contribution < -0.4 is 0 Å². The summed E-state index contributed by atoms with van der Waals surface area (Å²) in [4.78, 5) is 23.5. The number of allylic oxidation sites excluding steroid dienone is 3. The summed E-state index contributed by atoms with van der Waals surface area (Å²) in [6, 6.07) is 0. The van der Waals surface area contributed by atoms with Gasteiger partial charge in [-0.1, -0.05) is 76.3 Å². The molecule has 1 rings (SSSR count). The molecule has 4 heteroatoms. The Kier molecular flexibility index (Phi) is 13.3. The molecule has 3 atom stereocenters. The van der Waals surface area contributed by atoms with Crippen molar-refractivity contribution in [3.8, 4) is 0 Å². The molecule has 164 valence electrons. The zero-order valence-electron chi connectivity index (χ0n) is 18.4. The molecule has 0 saturated heterocycles. The minimum Gasteiger partial charge on any atom is -0.469 e. The van der Waals surface area contributed by atoms with E-state index in [0.717, 1.165) is 69.8 Å². The summed E-state index contributed by atoms with van der Waals surface area (Å²) in [5.74, 6) is 0.566. The van der Waals surface area contributed by atoms with Crippen molar-refractivity contribution in [3.63, 3.8) is 0 Å². The molecule has 0 radical (unpaired) electrons. The highest BCUT2D eigenvalue weighted by Gasteiger charge is 2.32. The lowest BCUT2D eigenvalue weighted by molar-refractivity contribution is -0.140. The van der Waals surface area contributed by atoms with Crippen molar-refractivity contribution in [3.05, 3.63) is 36.5 Å². The highest BCUT2D eigenvalue weighted by atomic mass is 16.5. The minimum atomic E-state index is -0.471. The zero-order chi connectivity index (χ0) is 21.5. The van der Waals surface area contributed by atoms with E-state index in [1.54, 1.807) is 6.08 Å². The number of esters is 1. The van der Waals surface area contributed by atoms with Gasteiger partial charge in [-0.25, -0.2) is 0 Å². The fourth-order valence-electron chi connectivity index (χ4n) is 4.03. The average molecular weight is 405 g/mol. The maximum Gasteiger partial charge on any atom is 0.305 e. The highest BCUT2D eigenvalue weighted by molar-refractivity contribution is 5.83. The predicted molar refractivity (Wildman–Crippen MR) is 119 cm³/mol. The first kappa shape index (κ1) is 25.4. The summed E-state index contributed by atoms with van der Waals surface area (Å²) in [6.45, 7) is 5.92. The van der Waals surface area contributed by atoms with Crippen LogP contribution in [0.1, 0.15) is 84.0 Å². The van der Waals surface area contributed by atoms with E-state index in [-0.39, 0.29) is 17.8 Å². The van der Waals surface area contributed by atoms with Crippen LogP contribution in [0.15, 0.2) is 36.5 Å². The van der Waals surface area contributed by atoms with Gasteiger partial charge >= 0.3 is 5.97 Å². The Balaban J connectivity index is 2.50. The molecule has 0 bridgehead atoms.